The number of halogens is 2. The highest BCUT2D eigenvalue weighted by Gasteiger charge is 2.17. The van der Waals surface area contributed by atoms with Gasteiger partial charge in [-0.3, -0.25) is 4.79 Å². The third-order valence-electron chi connectivity index (χ3n) is 2.38. The van der Waals surface area contributed by atoms with Gasteiger partial charge in [-0.1, -0.05) is 52.8 Å². The van der Waals surface area contributed by atoms with Crippen molar-refractivity contribution in [3.05, 3.63) is 57.3 Å². The Kier molecular flexibility index (Phi) is 6.31. The van der Waals surface area contributed by atoms with Crippen LogP contribution in [0.1, 0.15) is 12.5 Å². The minimum atomic E-state index is -0.290. The van der Waals surface area contributed by atoms with Crippen LogP contribution in [0.15, 0.2) is 51.8 Å². The molecule has 0 aliphatic heterocycles. The monoisotopic (exact) mass is 387 g/mol. The second-order valence-electron chi connectivity index (χ2n) is 3.89. The Balaban J connectivity index is 2.59. The van der Waals surface area contributed by atoms with Crippen LogP contribution in [0.4, 0.5) is 0 Å². The molecule has 0 atom stereocenters. The van der Waals surface area contributed by atoms with Crippen molar-refractivity contribution in [3.8, 4) is 0 Å². The lowest BCUT2D eigenvalue weighted by molar-refractivity contribution is -0.127. The Morgan fingerprint density at radius 2 is 1.89 bits per heavy atom. The Labute approximate surface area is 130 Å². The first-order valence-corrected chi connectivity index (χ1v) is 7.17. The molecule has 0 saturated heterocycles. The molecule has 0 aliphatic rings. The molecule has 1 amide bonds. The molecule has 0 spiro atoms. The molecule has 0 aliphatic carbocycles. The molecule has 0 fully saturated rings. The molecule has 0 aromatic heterocycles. The quantitative estimate of drug-likeness (QED) is 0.430. The summed E-state index contributed by atoms with van der Waals surface area (Å²) >= 11 is 6.62. The molecular weight excluding hydrogens is 374 g/mol. The lowest BCUT2D eigenvalue weighted by atomic mass is 10.2. The van der Waals surface area contributed by atoms with Crippen molar-refractivity contribution in [2.45, 2.75) is 13.5 Å². The highest BCUT2D eigenvalue weighted by Crippen LogP contribution is 2.21. The number of carbonyl (C=O) groups is 1. The van der Waals surface area contributed by atoms with Crippen LogP contribution in [0, 0.1) is 0 Å². The smallest absolute Gasteiger partial charge is 0.292 e. The highest BCUT2D eigenvalue weighted by molar-refractivity contribution is 9.14. The fourth-order valence-electron chi connectivity index (χ4n) is 1.31. The SMILES string of the molecule is C=C(OCc1ccccc1)C(=O)N(C)C(Br)=C(C)Br. The van der Waals surface area contributed by atoms with Crippen LogP contribution in [0.3, 0.4) is 0 Å². The summed E-state index contributed by atoms with van der Waals surface area (Å²) in [6.07, 6.45) is 0. The minimum Gasteiger partial charge on any atom is -0.484 e. The van der Waals surface area contributed by atoms with E-state index in [0.717, 1.165) is 10.0 Å². The first-order chi connectivity index (χ1) is 8.93. The lowest BCUT2D eigenvalue weighted by Gasteiger charge is -2.18. The maximum absolute atomic E-state index is 12.0. The van der Waals surface area contributed by atoms with E-state index >= 15 is 0 Å². The van der Waals surface area contributed by atoms with Crippen molar-refractivity contribution in [2.75, 3.05) is 7.05 Å². The van der Waals surface area contributed by atoms with Gasteiger partial charge in [0.25, 0.3) is 5.91 Å². The predicted octanol–water partition coefficient (Wildman–Crippen LogP) is 4.15. The summed E-state index contributed by atoms with van der Waals surface area (Å²) in [5.41, 5.74) is 0.991. The molecule has 19 heavy (non-hydrogen) atoms. The van der Waals surface area contributed by atoms with Gasteiger partial charge in [0.2, 0.25) is 0 Å². The maximum atomic E-state index is 12.0. The van der Waals surface area contributed by atoms with Crippen LogP contribution in [0.2, 0.25) is 0 Å². The van der Waals surface area contributed by atoms with Crippen LogP contribution < -0.4 is 0 Å². The number of hydrogen-bond donors (Lipinski definition) is 0. The summed E-state index contributed by atoms with van der Waals surface area (Å²) in [5.74, 6) is -0.182. The topological polar surface area (TPSA) is 29.5 Å². The standard InChI is InChI=1S/C14H15Br2NO2/c1-10(15)13(16)17(3)14(18)11(2)19-9-12-7-5-4-6-8-12/h4-8H,2,9H2,1,3H3. The van der Waals surface area contributed by atoms with Gasteiger partial charge in [0.05, 0.1) is 4.61 Å². The van der Waals surface area contributed by atoms with E-state index in [1.165, 1.54) is 4.90 Å². The number of hydrogen-bond acceptors (Lipinski definition) is 2. The number of rotatable bonds is 5. The first-order valence-electron chi connectivity index (χ1n) is 5.59. The van der Waals surface area contributed by atoms with Crippen LogP contribution in [0.25, 0.3) is 0 Å². The largest absolute Gasteiger partial charge is 0.484 e. The van der Waals surface area contributed by atoms with Gasteiger partial charge < -0.3 is 9.64 Å². The van der Waals surface area contributed by atoms with Crippen molar-refractivity contribution in [3.63, 3.8) is 0 Å². The van der Waals surface area contributed by atoms with E-state index in [1.807, 2.05) is 37.3 Å². The van der Waals surface area contributed by atoms with Crippen LogP contribution in [0.5, 0.6) is 0 Å². The van der Waals surface area contributed by atoms with Gasteiger partial charge in [-0.05, 0) is 28.4 Å². The fraction of sp³-hybridized carbons (Fsp3) is 0.214. The normalized spacial score (nSPS) is 11.6. The third-order valence-corrected chi connectivity index (χ3v) is 4.41. The summed E-state index contributed by atoms with van der Waals surface area (Å²) in [7, 11) is 1.65. The zero-order chi connectivity index (χ0) is 14.4. The number of allylic oxidation sites excluding steroid dienone is 1. The number of ether oxygens (including phenoxy) is 1. The average molecular weight is 389 g/mol. The van der Waals surface area contributed by atoms with Crippen molar-refractivity contribution < 1.29 is 9.53 Å². The summed E-state index contributed by atoms with van der Waals surface area (Å²) in [5, 5.41) is 0. The number of nitrogens with zero attached hydrogens (tertiary/aromatic N) is 1. The highest BCUT2D eigenvalue weighted by atomic mass is 79.9. The van der Waals surface area contributed by atoms with Gasteiger partial charge in [0, 0.05) is 11.5 Å². The Bertz CT molecular complexity index is 493. The summed E-state index contributed by atoms with van der Waals surface area (Å²) in [6.45, 7) is 5.82. The zero-order valence-electron chi connectivity index (χ0n) is 10.8. The van der Waals surface area contributed by atoms with E-state index in [1.54, 1.807) is 7.05 Å². The van der Waals surface area contributed by atoms with E-state index in [0.29, 0.717) is 11.2 Å². The Morgan fingerprint density at radius 3 is 2.42 bits per heavy atom. The molecule has 0 N–H and O–H groups in total. The van der Waals surface area contributed by atoms with Gasteiger partial charge in [-0.15, -0.1) is 0 Å². The molecule has 0 radical (unpaired) electrons. The average Bonchev–Trinajstić information content (AvgIpc) is 2.43. The van der Waals surface area contributed by atoms with Crippen LogP contribution in [-0.2, 0) is 16.1 Å². The summed E-state index contributed by atoms with van der Waals surface area (Å²) in [6, 6.07) is 9.63. The molecule has 1 aromatic carbocycles. The molecule has 102 valence electrons. The second kappa shape index (κ2) is 7.50. The van der Waals surface area contributed by atoms with Gasteiger partial charge in [-0.2, -0.15) is 0 Å². The summed E-state index contributed by atoms with van der Waals surface area (Å²) < 4.78 is 6.86. The second-order valence-corrected chi connectivity index (χ2v) is 5.83. The molecule has 0 unspecified atom stereocenters. The van der Waals surface area contributed by atoms with Gasteiger partial charge >= 0.3 is 0 Å². The minimum absolute atomic E-state index is 0.108. The number of benzene rings is 1. The van der Waals surface area contributed by atoms with E-state index in [2.05, 4.69) is 38.4 Å². The molecule has 1 aromatic rings. The predicted molar refractivity (Wildman–Crippen MR) is 83.7 cm³/mol. The van der Waals surface area contributed by atoms with Crippen molar-refractivity contribution in [1.82, 2.24) is 4.90 Å². The van der Waals surface area contributed by atoms with Crippen molar-refractivity contribution >= 4 is 37.8 Å². The first kappa shape index (κ1) is 16.0. The van der Waals surface area contributed by atoms with E-state index in [9.17, 15) is 4.79 Å². The maximum Gasteiger partial charge on any atom is 0.292 e. The number of carbonyl (C=O) groups excluding carboxylic acids is 1. The molecule has 0 saturated carbocycles. The van der Waals surface area contributed by atoms with E-state index in [-0.39, 0.29) is 11.7 Å². The zero-order valence-corrected chi connectivity index (χ0v) is 14.0. The molecule has 5 heteroatoms. The Hall–Kier alpha value is -1.07. The van der Waals surface area contributed by atoms with Gasteiger partial charge in [-0.25, -0.2) is 0 Å². The van der Waals surface area contributed by atoms with Crippen LogP contribution in [-0.4, -0.2) is 17.9 Å². The molecular formula is C14H15Br2NO2. The van der Waals surface area contributed by atoms with Crippen molar-refractivity contribution in [2.24, 2.45) is 0 Å². The summed E-state index contributed by atoms with van der Waals surface area (Å²) in [4.78, 5) is 13.5. The van der Waals surface area contributed by atoms with E-state index in [4.69, 9.17) is 4.74 Å². The molecule has 3 nitrogen and oxygen atoms in total. The lowest BCUT2D eigenvalue weighted by Crippen LogP contribution is -2.26. The number of amides is 1. The molecule has 0 bridgehead atoms. The third kappa shape index (κ3) is 4.84. The molecule has 0 heterocycles. The number of likely N-dealkylation sites (N-methyl/N-ethyl adjacent to an activating group) is 1. The fourth-order valence-corrected chi connectivity index (χ4v) is 1.74. The molecule has 1 rings (SSSR count). The Morgan fingerprint density at radius 1 is 1.32 bits per heavy atom. The van der Waals surface area contributed by atoms with E-state index < -0.39 is 0 Å². The van der Waals surface area contributed by atoms with Crippen LogP contribution >= 0.6 is 31.9 Å². The van der Waals surface area contributed by atoms with Gasteiger partial charge in [0.1, 0.15) is 6.61 Å². The van der Waals surface area contributed by atoms with Crippen molar-refractivity contribution in [1.29, 1.82) is 0 Å². The van der Waals surface area contributed by atoms with Gasteiger partial charge in [0.15, 0.2) is 5.76 Å².